The van der Waals surface area contributed by atoms with Crippen LogP contribution in [0.5, 0.6) is 0 Å². The van der Waals surface area contributed by atoms with E-state index in [0.29, 0.717) is 23.4 Å². The highest BCUT2D eigenvalue weighted by molar-refractivity contribution is 5.82. The first kappa shape index (κ1) is 15.8. The zero-order valence-corrected chi connectivity index (χ0v) is 11.8. The Bertz CT molecular complexity index is 785. The maximum absolute atomic E-state index is 11.2. The monoisotopic (exact) mass is 318 g/mol. The second kappa shape index (κ2) is 6.05. The van der Waals surface area contributed by atoms with Crippen molar-refractivity contribution in [1.82, 2.24) is 0 Å². The molecule has 0 spiro atoms. The third-order valence-electron chi connectivity index (χ3n) is 3.09. The van der Waals surface area contributed by atoms with Gasteiger partial charge < -0.3 is 5.32 Å². The molecule has 0 saturated carbocycles. The standard InChI is InChI=1S/C13H10N4O6/c1-8-4-2-3-5-10(8)14-13-11(16(20)21)6-9(15(18)19)7-12(13)17(22)23/h2-7,14H,1H3. The summed E-state index contributed by atoms with van der Waals surface area (Å²) in [5.74, 6) is 0. The molecule has 0 amide bonds. The predicted octanol–water partition coefficient (Wildman–Crippen LogP) is 3.46. The molecule has 0 aliphatic heterocycles. The van der Waals surface area contributed by atoms with Gasteiger partial charge in [-0.05, 0) is 18.6 Å². The van der Waals surface area contributed by atoms with Crippen molar-refractivity contribution in [2.24, 2.45) is 0 Å². The van der Waals surface area contributed by atoms with E-state index in [1.54, 1.807) is 31.2 Å². The maximum Gasteiger partial charge on any atom is 0.306 e. The second-order valence-electron chi connectivity index (χ2n) is 4.57. The van der Waals surface area contributed by atoms with Crippen molar-refractivity contribution < 1.29 is 14.8 Å². The lowest BCUT2D eigenvalue weighted by Crippen LogP contribution is -2.04. The molecule has 10 heteroatoms. The van der Waals surface area contributed by atoms with E-state index < -0.39 is 37.5 Å². The fourth-order valence-corrected chi connectivity index (χ4v) is 1.97. The van der Waals surface area contributed by atoms with Crippen LogP contribution in [-0.4, -0.2) is 14.8 Å². The van der Waals surface area contributed by atoms with Crippen molar-refractivity contribution in [1.29, 1.82) is 0 Å². The molecule has 0 unspecified atom stereocenters. The van der Waals surface area contributed by atoms with Crippen LogP contribution < -0.4 is 5.32 Å². The molecule has 0 radical (unpaired) electrons. The number of hydrogen-bond donors (Lipinski definition) is 1. The number of non-ortho nitro benzene ring substituents is 1. The van der Waals surface area contributed by atoms with Crippen LogP contribution >= 0.6 is 0 Å². The van der Waals surface area contributed by atoms with E-state index in [1.165, 1.54) is 0 Å². The molecule has 2 aromatic carbocycles. The third-order valence-corrected chi connectivity index (χ3v) is 3.09. The van der Waals surface area contributed by atoms with Crippen LogP contribution in [0.2, 0.25) is 0 Å². The molecule has 2 rings (SSSR count). The Kier molecular flexibility index (Phi) is 4.16. The van der Waals surface area contributed by atoms with Crippen LogP contribution in [-0.2, 0) is 0 Å². The van der Waals surface area contributed by atoms with E-state index in [9.17, 15) is 30.3 Å². The summed E-state index contributed by atoms with van der Waals surface area (Å²) in [6.45, 7) is 1.71. The smallest absolute Gasteiger partial charge is 0.306 e. The first-order chi connectivity index (χ1) is 10.8. The number of nitro benzene ring substituents is 3. The van der Waals surface area contributed by atoms with Crippen LogP contribution in [0.25, 0.3) is 0 Å². The molecule has 0 aliphatic carbocycles. The van der Waals surface area contributed by atoms with Gasteiger partial charge in [0.2, 0.25) is 0 Å². The highest BCUT2D eigenvalue weighted by Gasteiger charge is 2.30. The van der Waals surface area contributed by atoms with Crippen LogP contribution in [0.3, 0.4) is 0 Å². The molecule has 0 heterocycles. The van der Waals surface area contributed by atoms with Gasteiger partial charge >= 0.3 is 11.4 Å². The van der Waals surface area contributed by atoms with Gasteiger partial charge in [-0.3, -0.25) is 30.3 Å². The van der Waals surface area contributed by atoms with Gasteiger partial charge in [-0.2, -0.15) is 0 Å². The van der Waals surface area contributed by atoms with Crippen LogP contribution in [0.1, 0.15) is 5.56 Å². The maximum atomic E-state index is 11.2. The number of nitrogens with one attached hydrogen (secondary N) is 1. The van der Waals surface area contributed by atoms with Crippen molar-refractivity contribution in [2.45, 2.75) is 6.92 Å². The Morgan fingerprint density at radius 2 is 1.39 bits per heavy atom. The number of benzene rings is 2. The van der Waals surface area contributed by atoms with E-state index in [2.05, 4.69) is 5.32 Å². The molecule has 0 bridgehead atoms. The number of anilines is 2. The molecule has 2 aromatic rings. The quantitative estimate of drug-likeness (QED) is 0.657. The highest BCUT2D eigenvalue weighted by atomic mass is 16.6. The lowest BCUT2D eigenvalue weighted by Gasteiger charge is -2.10. The first-order valence-corrected chi connectivity index (χ1v) is 6.25. The molecular formula is C13H10N4O6. The van der Waals surface area contributed by atoms with Gasteiger partial charge in [-0.25, -0.2) is 0 Å². The molecule has 0 saturated heterocycles. The Balaban J connectivity index is 2.69. The fourth-order valence-electron chi connectivity index (χ4n) is 1.97. The fraction of sp³-hybridized carbons (Fsp3) is 0.0769. The first-order valence-electron chi connectivity index (χ1n) is 6.25. The summed E-state index contributed by atoms with van der Waals surface area (Å²) < 4.78 is 0. The molecule has 1 N–H and O–H groups in total. The normalized spacial score (nSPS) is 10.1. The average Bonchev–Trinajstić information content (AvgIpc) is 2.48. The summed E-state index contributed by atoms with van der Waals surface area (Å²) in [6, 6.07) is 8.06. The minimum absolute atomic E-state index is 0.403. The van der Waals surface area contributed by atoms with Gasteiger partial charge in [-0.1, -0.05) is 18.2 Å². The van der Waals surface area contributed by atoms with Crippen molar-refractivity contribution in [3.8, 4) is 0 Å². The highest BCUT2D eigenvalue weighted by Crippen LogP contribution is 2.40. The van der Waals surface area contributed by atoms with Gasteiger partial charge in [0.15, 0.2) is 5.69 Å². The minimum atomic E-state index is -0.919. The van der Waals surface area contributed by atoms with E-state index in [-0.39, 0.29) is 0 Å². The number of nitro groups is 3. The number of rotatable bonds is 5. The summed E-state index contributed by atoms with van der Waals surface area (Å²) >= 11 is 0. The third kappa shape index (κ3) is 3.20. The molecule has 0 atom stereocenters. The summed E-state index contributed by atoms with van der Waals surface area (Å²) in [5.41, 5.74) is -1.48. The van der Waals surface area contributed by atoms with Gasteiger partial charge in [-0.15, -0.1) is 0 Å². The van der Waals surface area contributed by atoms with E-state index >= 15 is 0 Å². The van der Waals surface area contributed by atoms with Crippen LogP contribution in [0.4, 0.5) is 28.4 Å². The molecule has 0 aromatic heterocycles. The molecule has 10 nitrogen and oxygen atoms in total. The second-order valence-corrected chi connectivity index (χ2v) is 4.57. The molecule has 0 fully saturated rings. The molecule has 118 valence electrons. The lowest BCUT2D eigenvalue weighted by molar-refractivity contribution is -0.401. The largest absolute Gasteiger partial charge is 0.344 e. The van der Waals surface area contributed by atoms with E-state index in [4.69, 9.17) is 0 Å². The number of nitrogens with zero attached hydrogens (tertiary/aromatic N) is 3. The summed E-state index contributed by atoms with van der Waals surface area (Å²) in [7, 11) is 0. The van der Waals surface area contributed by atoms with Crippen molar-refractivity contribution in [3.63, 3.8) is 0 Å². The SMILES string of the molecule is Cc1ccccc1Nc1c([N+](=O)[O-])cc([N+](=O)[O-])cc1[N+](=O)[O-]. The van der Waals surface area contributed by atoms with E-state index in [1.807, 2.05) is 0 Å². The molecule has 0 aliphatic rings. The zero-order chi connectivity index (χ0) is 17.1. The number of hydrogen-bond acceptors (Lipinski definition) is 7. The summed E-state index contributed by atoms with van der Waals surface area (Å²) in [6.07, 6.45) is 0. The Labute approximate surface area is 128 Å². The summed E-state index contributed by atoms with van der Waals surface area (Å²) in [4.78, 5) is 30.4. The average molecular weight is 318 g/mol. The Morgan fingerprint density at radius 3 is 1.83 bits per heavy atom. The molecular weight excluding hydrogens is 308 g/mol. The van der Waals surface area contributed by atoms with E-state index in [0.717, 1.165) is 0 Å². The van der Waals surface area contributed by atoms with Crippen LogP contribution in [0, 0.1) is 37.3 Å². The van der Waals surface area contributed by atoms with Crippen molar-refractivity contribution >= 4 is 28.4 Å². The van der Waals surface area contributed by atoms with Gasteiger partial charge in [0, 0.05) is 5.69 Å². The molecule has 23 heavy (non-hydrogen) atoms. The lowest BCUT2D eigenvalue weighted by atomic mass is 10.1. The van der Waals surface area contributed by atoms with Crippen molar-refractivity contribution in [3.05, 3.63) is 72.3 Å². The number of aryl methyl sites for hydroxylation is 1. The Morgan fingerprint density at radius 1 is 0.870 bits per heavy atom. The minimum Gasteiger partial charge on any atom is -0.344 e. The zero-order valence-electron chi connectivity index (χ0n) is 11.8. The predicted molar refractivity (Wildman–Crippen MR) is 80.9 cm³/mol. The van der Waals surface area contributed by atoms with Gasteiger partial charge in [0.25, 0.3) is 5.69 Å². The Hall–Kier alpha value is -3.56. The van der Waals surface area contributed by atoms with Gasteiger partial charge in [0.1, 0.15) is 0 Å². The van der Waals surface area contributed by atoms with Crippen LogP contribution in [0.15, 0.2) is 36.4 Å². The topological polar surface area (TPSA) is 141 Å². The number of para-hydroxylation sites is 1. The summed E-state index contributed by atoms with van der Waals surface area (Å²) in [5, 5.41) is 35.8. The van der Waals surface area contributed by atoms with Crippen molar-refractivity contribution in [2.75, 3.05) is 5.32 Å². The van der Waals surface area contributed by atoms with Gasteiger partial charge in [0.05, 0.1) is 26.9 Å².